The summed E-state index contributed by atoms with van der Waals surface area (Å²) in [5.74, 6) is 1.02. The number of nitrogens with one attached hydrogen (secondary N) is 1. The molecule has 1 N–H and O–H groups in total. The van der Waals surface area contributed by atoms with Crippen molar-refractivity contribution in [2.24, 2.45) is 0 Å². The lowest BCUT2D eigenvalue weighted by molar-refractivity contribution is 0.327. The van der Waals surface area contributed by atoms with Gasteiger partial charge < -0.3 is 10.1 Å². The summed E-state index contributed by atoms with van der Waals surface area (Å²) in [5, 5.41) is 4.47. The zero-order valence-electron chi connectivity index (χ0n) is 10.6. The highest BCUT2D eigenvalue weighted by Crippen LogP contribution is 2.38. The van der Waals surface area contributed by atoms with Gasteiger partial charge in [-0.05, 0) is 19.9 Å². The molecular formula is C14H16N2OS. The van der Waals surface area contributed by atoms with Gasteiger partial charge in [-0.25, -0.2) is 4.98 Å². The summed E-state index contributed by atoms with van der Waals surface area (Å²) in [7, 11) is 0. The van der Waals surface area contributed by atoms with E-state index in [1.54, 1.807) is 11.3 Å². The van der Waals surface area contributed by atoms with Crippen LogP contribution in [0.2, 0.25) is 0 Å². The van der Waals surface area contributed by atoms with Crippen molar-refractivity contribution in [3.8, 4) is 16.2 Å². The van der Waals surface area contributed by atoms with Crippen LogP contribution in [0.1, 0.15) is 16.3 Å². The summed E-state index contributed by atoms with van der Waals surface area (Å²) in [4.78, 5) is 5.74. The molecule has 0 saturated heterocycles. The van der Waals surface area contributed by atoms with Crippen LogP contribution in [0.5, 0.6) is 5.75 Å². The van der Waals surface area contributed by atoms with E-state index < -0.39 is 0 Å². The first kappa shape index (κ1) is 11.7. The maximum absolute atomic E-state index is 5.91. The van der Waals surface area contributed by atoms with E-state index in [-0.39, 0.29) is 0 Å². The van der Waals surface area contributed by atoms with Crippen molar-refractivity contribution in [3.05, 3.63) is 34.5 Å². The summed E-state index contributed by atoms with van der Waals surface area (Å²) in [6.07, 6.45) is 0. The van der Waals surface area contributed by atoms with Crippen molar-refractivity contribution in [1.29, 1.82) is 0 Å². The molecule has 94 valence electrons. The van der Waals surface area contributed by atoms with Crippen LogP contribution in [-0.2, 0) is 6.54 Å². The van der Waals surface area contributed by atoms with Crippen LogP contribution in [0.3, 0.4) is 0 Å². The van der Waals surface area contributed by atoms with E-state index in [1.165, 1.54) is 16.0 Å². The Balaban J connectivity index is 2.15. The van der Waals surface area contributed by atoms with Crippen LogP contribution in [-0.4, -0.2) is 18.1 Å². The number of aryl methyl sites for hydroxylation is 2. The molecule has 3 rings (SSSR count). The Bertz CT molecular complexity index is 577. The van der Waals surface area contributed by atoms with E-state index in [4.69, 9.17) is 4.74 Å². The van der Waals surface area contributed by atoms with E-state index >= 15 is 0 Å². The number of fused-ring (bicyclic) bond motifs is 1. The van der Waals surface area contributed by atoms with Gasteiger partial charge >= 0.3 is 0 Å². The zero-order chi connectivity index (χ0) is 12.5. The molecule has 0 amide bonds. The highest BCUT2D eigenvalue weighted by Gasteiger charge is 2.17. The molecule has 18 heavy (non-hydrogen) atoms. The fraction of sp³-hybridized carbons (Fsp3) is 0.357. The molecule has 0 atom stereocenters. The molecule has 0 unspecified atom stereocenters. The van der Waals surface area contributed by atoms with Crippen LogP contribution >= 0.6 is 11.3 Å². The number of para-hydroxylation sites is 1. The van der Waals surface area contributed by atoms with Crippen LogP contribution in [0.25, 0.3) is 10.4 Å². The maximum Gasteiger partial charge on any atom is 0.132 e. The number of hydrogen-bond donors (Lipinski definition) is 1. The highest BCUT2D eigenvalue weighted by atomic mass is 32.1. The molecule has 0 fully saturated rings. The van der Waals surface area contributed by atoms with Crippen LogP contribution < -0.4 is 10.1 Å². The Kier molecular flexibility index (Phi) is 3.06. The van der Waals surface area contributed by atoms with Crippen molar-refractivity contribution in [3.63, 3.8) is 0 Å². The van der Waals surface area contributed by atoms with Gasteiger partial charge in [0.05, 0.1) is 15.6 Å². The number of aromatic nitrogens is 1. The standard InChI is InChI=1S/C14H16N2OS/c1-9-14(18-10(2)16-9)12-5-3-4-11-8-15-6-7-17-13(11)12/h3-5,15H,6-8H2,1-2H3. The third-order valence-electron chi connectivity index (χ3n) is 3.09. The molecule has 1 aromatic heterocycles. The topological polar surface area (TPSA) is 34.1 Å². The summed E-state index contributed by atoms with van der Waals surface area (Å²) in [6, 6.07) is 6.35. The molecule has 2 aromatic rings. The first-order chi connectivity index (χ1) is 8.75. The number of hydrogen-bond acceptors (Lipinski definition) is 4. The first-order valence-electron chi connectivity index (χ1n) is 6.15. The minimum atomic E-state index is 0.723. The van der Waals surface area contributed by atoms with E-state index in [2.05, 4.69) is 35.4 Å². The number of rotatable bonds is 1. The van der Waals surface area contributed by atoms with Gasteiger partial charge in [-0.1, -0.05) is 12.1 Å². The van der Waals surface area contributed by atoms with Crippen molar-refractivity contribution >= 4 is 11.3 Å². The highest BCUT2D eigenvalue weighted by molar-refractivity contribution is 7.15. The van der Waals surface area contributed by atoms with Gasteiger partial charge in [0, 0.05) is 24.2 Å². The third kappa shape index (κ3) is 2.02. The Hall–Kier alpha value is -1.39. The summed E-state index contributed by atoms with van der Waals surface area (Å²) in [5.41, 5.74) is 3.50. The molecule has 0 radical (unpaired) electrons. The van der Waals surface area contributed by atoms with Gasteiger partial charge in [0.15, 0.2) is 0 Å². The van der Waals surface area contributed by atoms with Gasteiger partial charge in [-0.2, -0.15) is 0 Å². The fourth-order valence-corrected chi connectivity index (χ4v) is 3.24. The summed E-state index contributed by atoms with van der Waals surface area (Å²) >= 11 is 1.74. The Morgan fingerprint density at radius 1 is 1.33 bits per heavy atom. The van der Waals surface area contributed by atoms with Crippen LogP contribution in [0, 0.1) is 13.8 Å². The second-order valence-corrected chi connectivity index (χ2v) is 5.67. The first-order valence-corrected chi connectivity index (χ1v) is 6.97. The van der Waals surface area contributed by atoms with Crippen molar-refractivity contribution in [1.82, 2.24) is 10.3 Å². The minimum Gasteiger partial charge on any atom is -0.491 e. The number of thiazole rings is 1. The van der Waals surface area contributed by atoms with Gasteiger partial charge in [-0.15, -0.1) is 11.3 Å². The Morgan fingerprint density at radius 2 is 2.22 bits per heavy atom. The average molecular weight is 260 g/mol. The van der Waals surface area contributed by atoms with Gasteiger partial charge in [-0.3, -0.25) is 0 Å². The van der Waals surface area contributed by atoms with Crippen molar-refractivity contribution in [2.75, 3.05) is 13.2 Å². The van der Waals surface area contributed by atoms with Crippen molar-refractivity contribution in [2.45, 2.75) is 20.4 Å². The van der Waals surface area contributed by atoms with Crippen LogP contribution in [0.4, 0.5) is 0 Å². The molecule has 0 aliphatic carbocycles. The maximum atomic E-state index is 5.91. The Morgan fingerprint density at radius 3 is 3.00 bits per heavy atom. The molecule has 1 aromatic carbocycles. The van der Waals surface area contributed by atoms with E-state index in [9.17, 15) is 0 Å². The predicted octanol–water partition coefficient (Wildman–Crippen LogP) is 2.91. The molecule has 1 aliphatic rings. The van der Waals surface area contributed by atoms with Gasteiger partial charge in [0.1, 0.15) is 12.4 Å². The molecule has 2 heterocycles. The molecule has 1 aliphatic heterocycles. The van der Waals surface area contributed by atoms with E-state index in [0.29, 0.717) is 0 Å². The minimum absolute atomic E-state index is 0.723. The molecule has 3 nitrogen and oxygen atoms in total. The number of benzene rings is 1. The van der Waals surface area contributed by atoms with Gasteiger partial charge in [0.25, 0.3) is 0 Å². The molecule has 0 bridgehead atoms. The molecule has 0 saturated carbocycles. The van der Waals surface area contributed by atoms with Crippen LogP contribution in [0.15, 0.2) is 18.2 Å². The lowest BCUT2D eigenvalue weighted by Gasteiger charge is -2.11. The lowest BCUT2D eigenvalue weighted by atomic mass is 10.1. The summed E-state index contributed by atoms with van der Waals surface area (Å²) in [6.45, 7) is 6.61. The second-order valence-electron chi connectivity index (χ2n) is 4.47. The number of ether oxygens (including phenoxy) is 1. The normalized spacial score (nSPS) is 14.8. The third-order valence-corrected chi connectivity index (χ3v) is 4.19. The zero-order valence-corrected chi connectivity index (χ0v) is 11.4. The SMILES string of the molecule is Cc1nc(C)c(-c2cccc3c2OCCNC3)s1. The summed E-state index contributed by atoms with van der Waals surface area (Å²) < 4.78 is 5.91. The smallest absolute Gasteiger partial charge is 0.132 e. The number of nitrogens with zero attached hydrogens (tertiary/aromatic N) is 1. The van der Waals surface area contributed by atoms with Crippen molar-refractivity contribution < 1.29 is 4.74 Å². The molecule has 4 heteroatoms. The second kappa shape index (κ2) is 4.71. The molecule has 0 spiro atoms. The molecular weight excluding hydrogens is 244 g/mol. The van der Waals surface area contributed by atoms with Gasteiger partial charge in [0.2, 0.25) is 0 Å². The average Bonchev–Trinajstić information content (AvgIpc) is 2.58. The largest absolute Gasteiger partial charge is 0.491 e. The lowest BCUT2D eigenvalue weighted by Crippen LogP contribution is -2.16. The fourth-order valence-electron chi connectivity index (χ4n) is 2.30. The monoisotopic (exact) mass is 260 g/mol. The quantitative estimate of drug-likeness (QED) is 0.856. The Labute approximate surface area is 111 Å². The predicted molar refractivity (Wildman–Crippen MR) is 74.2 cm³/mol. The van der Waals surface area contributed by atoms with E-state index in [1.807, 2.05) is 6.92 Å². The van der Waals surface area contributed by atoms with E-state index in [0.717, 1.165) is 36.1 Å².